The van der Waals surface area contributed by atoms with Crippen LogP contribution in [0.4, 0.5) is 5.13 Å². The molecule has 0 spiro atoms. The molecule has 1 saturated heterocycles. The summed E-state index contributed by atoms with van der Waals surface area (Å²) in [5, 5.41) is 1.17. The second kappa shape index (κ2) is 7.61. The van der Waals surface area contributed by atoms with Crippen molar-refractivity contribution in [2.24, 2.45) is 0 Å². The molecule has 0 radical (unpaired) electrons. The molecule has 142 valence electrons. The summed E-state index contributed by atoms with van der Waals surface area (Å²) in [7, 11) is 0. The van der Waals surface area contributed by atoms with Gasteiger partial charge in [-0.05, 0) is 35.1 Å². The van der Waals surface area contributed by atoms with Gasteiger partial charge in [-0.25, -0.2) is 4.98 Å². The molecule has 1 aromatic heterocycles. The zero-order valence-electron chi connectivity index (χ0n) is 16.6. The number of anilines is 1. The lowest BCUT2D eigenvalue weighted by Crippen LogP contribution is -2.46. The third kappa shape index (κ3) is 4.33. The van der Waals surface area contributed by atoms with Crippen LogP contribution in [-0.4, -0.2) is 42.6 Å². The summed E-state index contributed by atoms with van der Waals surface area (Å²) in [5.41, 5.74) is 4.21. The summed E-state index contributed by atoms with van der Waals surface area (Å²) < 4.78 is 1.29. The summed E-state index contributed by atoms with van der Waals surface area (Å²) in [6, 6.07) is 17.6. The van der Waals surface area contributed by atoms with Gasteiger partial charge in [0.15, 0.2) is 5.13 Å². The Hall–Kier alpha value is -1.91. The summed E-state index contributed by atoms with van der Waals surface area (Å²) in [4.78, 5) is 9.84. The predicted octanol–water partition coefficient (Wildman–Crippen LogP) is 4.96. The average Bonchev–Trinajstić information content (AvgIpc) is 3.11. The van der Waals surface area contributed by atoms with Crippen molar-refractivity contribution in [2.75, 3.05) is 37.6 Å². The van der Waals surface area contributed by atoms with E-state index in [1.54, 1.807) is 0 Å². The largest absolute Gasteiger partial charge is 0.345 e. The van der Waals surface area contributed by atoms with Crippen molar-refractivity contribution in [3.05, 3.63) is 59.7 Å². The molecule has 3 nitrogen and oxygen atoms in total. The molecule has 0 bridgehead atoms. The van der Waals surface area contributed by atoms with Crippen LogP contribution < -0.4 is 4.90 Å². The van der Waals surface area contributed by atoms with E-state index in [-0.39, 0.29) is 5.41 Å². The van der Waals surface area contributed by atoms with Gasteiger partial charge < -0.3 is 4.90 Å². The number of benzene rings is 2. The molecule has 1 aliphatic heterocycles. The number of rotatable bonds is 4. The van der Waals surface area contributed by atoms with Gasteiger partial charge in [0.1, 0.15) is 0 Å². The maximum Gasteiger partial charge on any atom is 0.186 e. The van der Waals surface area contributed by atoms with Gasteiger partial charge in [-0.2, -0.15) is 0 Å². The Labute approximate surface area is 166 Å². The van der Waals surface area contributed by atoms with Gasteiger partial charge in [0, 0.05) is 32.7 Å². The van der Waals surface area contributed by atoms with Crippen LogP contribution in [0.3, 0.4) is 0 Å². The number of thiazole rings is 1. The number of aromatic nitrogens is 1. The van der Waals surface area contributed by atoms with Crippen molar-refractivity contribution in [3.8, 4) is 0 Å². The summed E-state index contributed by atoms with van der Waals surface area (Å²) in [6.45, 7) is 12.3. The van der Waals surface area contributed by atoms with E-state index in [2.05, 4.69) is 79.1 Å². The van der Waals surface area contributed by atoms with E-state index in [0.29, 0.717) is 0 Å². The Morgan fingerprint density at radius 3 is 2.30 bits per heavy atom. The average molecular weight is 380 g/mol. The molecule has 0 aliphatic carbocycles. The van der Waals surface area contributed by atoms with E-state index in [1.807, 2.05) is 11.3 Å². The molecule has 0 amide bonds. The van der Waals surface area contributed by atoms with Crippen LogP contribution in [0.1, 0.15) is 31.9 Å². The number of fused-ring (bicyclic) bond motifs is 1. The van der Waals surface area contributed by atoms with E-state index in [9.17, 15) is 0 Å². The van der Waals surface area contributed by atoms with Crippen LogP contribution in [0, 0.1) is 0 Å². The van der Waals surface area contributed by atoms with E-state index in [0.717, 1.165) is 44.7 Å². The van der Waals surface area contributed by atoms with Crippen molar-refractivity contribution in [1.82, 2.24) is 9.88 Å². The normalized spacial score (nSPS) is 16.2. The van der Waals surface area contributed by atoms with Crippen LogP contribution >= 0.6 is 11.3 Å². The fraction of sp³-hybridized carbons (Fsp3) is 0.435. The first-order valence-corrected chi connectivity index (χ1v) is 10.7. The summed E-state index contributed by atoms with van der Waals surface area (Å²) >= 11 is 1.81. The van der Waals surface area contributed by atoms with Gasteiger partial charge >= 0.3 is 0 Å². The highest BCUT2D eigenvalue weighted by atomic mass is 32.1. The third-order valence-corrected chi connectivity index (χ3v) is 6.56. The maximum absolute atomic E-state index is 4.81. The Bertz CT molecular complexity index is 851. The maximum atomic E-state index is 4.81. The van der Waals surface area contributed by atoms with Gasteiger partial charge in [0.2, 0.25) is 0 Å². The number of nitrogens with zero attached hydrogens (tertiary/aromatic N) is 3. The van der Waals surface area contributed by atoms with Crippen LogP contribution in [0.25, 0.3) is 10.2 Å². The smallest absolute Gasteiger partial charge is 0.186 e. The molecule has 0 unspecified atom stereocenters. The Kier molecular flexibility index (Phi) is 5.20. The highest BCUT2D eigenvalue weighted by molar-refractivity contribution is 7.22. The fourth-order valence-electron chi connectivity index (χ4n) is 3.62. The molecule has 0 atom stereocenters. The van der Waals surface area contributed by atoms with Gasteiger partial charge in [-0.1, -0.05) is 68.5 Å². The molecule has 3 aromatic rings. The zero-order valence-corrected chi connectivity index (χ0v) is 17.4. The topological polar surface area (TPSA) is 19.4 Å². The second-order valence-electron chi connectivity index (χ2n) is 8.49. The van der Waals surface area contributed by atoms with Crippen LogP contribution in [0.5, 0.6) is 0 Å². The summed E-state index contributed by atoms with van der Waals surface area (Å²) in [6.07, 6.45) is 1.13. The SMILES string of the molecule is CC(C)(C)c1ccc(CCN2CCN(c3nc4ccccc4s3)CC2)cc1. The molecule has 2 heterocycles. The van der Waals surface area contributed by atoms with Crippen molar-refractivity contribution >= 4 is 26.7 Å². The Morgan fingerprint density at radius 2 is 1.63 bits per heavy atom. The predicted molar refractivity (Wildman–Crippen MR) is 117 cm³/mol. The molecular weight excluding hydrogens is 350 g/mol. The minimum Gasteiger partial charge on any atom is -0.345 e. The molecule has 4 rings (SSSR count). The first-order valence-electron chi connectivity index (χ1n) is 9.91. The van der Waals surface area contributed by atoms with E-state index < -0.39 is 0 Å². The van der Waals surface area contributed by atoms with E-state index in [4.69, 9.17) is 4.98 Å². The number of para-hydroxylation sites is 1. The standard InChI is InChI=1S/C23H29N3S/c1-23(2,3)19-10-8-18(9-11-19)12-13-25-14-16-26(17-15-25)22-24-20-6-4-5-7-21(20)27-22/h4-11H,12-17H2,1-3H3. The first kappa shape index (κ1) is 18.5. The van der Waals surface area contributed by atoms with E-state index >= 15 is 0 Å². The highest BCUT2D eigenvalue weighted by Gasteiger charge is 2.19. The molecule has 1 fully saturated rings. The number of hydrogen-bond acceptors (Lipinski definition) is 4. The van der Waals surface area contributed by atoms with Gasteiger partial charge in [-0.3, -0.25) is 4.90 Å². The molecule has 1 aliphatic rings. The third-order valence-electron chi connectivity index (χ3n) is 5.46. The molecule has 0 saturated carbocycles. The Morgan fingerprint density at radius 1 is 0.926 bits per heavy atom. The van der Waals surface area contributed by atoms with Crippen LogP contribution in [-0.2, 0) is 11.8 Å². The Balaban J connectivity index is 1.29. The van der Waals surface area contributed by atoms with Crippen molar-refractivity contribution < 1.29 is 0 Å². The number of piperazine rings is 1. The lowest BCUT2D eigenvalue weighted by molar-refractivity contribution is 0.261. The molecule has 4 heteroatoms. The fourth-order valence-corrected chi connectivity index (χ4v) is 4.63. The molecular formula is C23H29N3S. The van der Waals surface area contributed by atoms with Gasteiger partial charge in [0.25, 0.3) is 0 Å². The zero-order chi connectivity index (χ0) is 18.9. The molecule has 27 heavy (non-hydrogen) atoms. The number of hydrogen-bond donors (Lipinski definition) is 0. The van der Waals surface area contributed by atoms with Crippen LogP contribution in [0.2, 0.25) is 0 Å². The first-order chi connectivity index (χ1) is 13.0. The molecule has 2 aromatic carbocycles. The van der Waals surface area contributed by atoms with Crippen molar-refractivity contribution in [1.29, 1.82) is 0 Å². The second-order valence-corrected chi connectivity index (χ2v) is 9.50. The van der Waals surface area contributed by atoms with Gasteiger partial charge in [-0.15, -0.1) is 0 Å². The lowest BCUT2D eigenvalue weighted by atomic mass is 9.86. The quantitative estimate of drug-likeness (QED) is 0.639. The van der Waals surface area contributed by atoms with Crippen LogP contribution in [0.15, 0.2) is 48.5 Å². The van der Waals surface area contributed by atoms with E-state index in [1.165, 1.54) is 21.0 Å². The highest BCUT2D eigenvalue weighted by Crippen LogP contribution is 2.29. The van der Waals surface area contributed by atoms with Crippen molar-refractivity contribution in [2.45, 2.75) is 32.6 Å². The summed E-state index contributed by atoms with van der Waals surface area (Å²) in [5.74, 6) is 0. The minimum atomic E-state index is 0.232. The van der Waals surface area contributed by atoms with Gasteiger partial charge in [0.05, 0.1) is 10.2 Å². The van der Waals surface area contributed by atoms with Crippen molar-refractivity contribution in [3.63, 3.8) is 0 Å². The monoisotopic (exact) mass is 379 g/mol. The lowest BCUT2D eigenvalue weighted by Gasteiger charge is -2.34. The molecule has 0 N–H and O–H groups in total. The minimum absolute atomic E-state index is 0.232.